The summed E-state index contributed by atoms with van der Waals surface area (Å²) in [5.74, 6) is -0.506. The third kappa shape index (κ3) is 5.07. The lowest BCUT2D eigenvalue weighted by atomic mass is 10.1. The van der Waals surface area contributed by atoms with Gasteiger partial charge in [-0.25, -0.2) is 0 Å². The second-order valence-electron chi connectivity index (χ2n) is 6.10. The molecule has 0 unspecified atom stereocenters. The number of anilines is 1. The SMILES string of the molecule is C[C@H]1Sc2ccc(C(=O)NCCC(=O)NCc3cccnc3)cc2NC1=O. The second-order valence-corrected chi connectivity index (χ2v) is 7.49. The van der Waals surface area contributed by atoms with Crippen LogP contribution < -0.4 is 16.0 Å². The molecule has 1 atom stereocenters. The van der Waals surface area contributed by atoms with Crippen LogP contribution in [0.3, 0.4) is 0 Å². The number of aromatic nitrogens is 1. The zero-order chi connectivity index (χ0) is 19.2. The van der Waals surface area contributed by atoms with E-state index in [9.17, 15) is 14.4 Å². The number of hydrogen-bond acceptors (Lipinski definition) is 5. The summed E-state index contributed by atoms with van der Waals surface area (Å²) in [5.41, 5.74) is 2.00. The van der Waals surface area contributed by atoms with Crippen LogP contribution >= 0.6 is 11.8 Å². The summed E-state index contributed by atoms with van der Waals surface area (Å²) >= 11 is 1.46. The van der Waals surface area contributed by atoms with E-state index >= 15 is 0 Å². The fourth-order valence-electron chi connectivity index (χ4n) is 2.53. The molecule has 140 valence electrons. The summed E-state index contributed by atoms with van der Waals surface area (Å²) in [5, 5.41) is 8.16. The summed E-state index contributed by atoms with van der Waals surface area (Å²) in [6.45, 7) is 2.47. The third-order valence-electron chi connectivity index (χ3n) is 4.02. The van der Waals surface area contributed by atoms with E-state index in [0.717, 1.165) is 10.5 Å². The molecule has 7 nitrogen and oxygen atoms in total. The van der Waals surface area contributed by atoms with Crippen molar-refractivity contribution in [3.05, 3.63) is 53.9 Å². The van der Waals surface area contributed by atoms with Gasteiger partial charge in [0.05, 0.1) is 10.9 Å². The van der Waals surface area contributed by atoms with E-state index in [1.807, 2.05) is 25.1 Å². The van der Waals surface area contributed by atoms with Crippen LogP contribution in [0.1, 0.15) is 29.3 Å². The Morgan fingerprint density at radius 2 is 2.11 bits per heavy atom. The highest BCUT2D eigenvalue weighted by molar-refractivity contribution is 8.00. The lowest BCUT2D eigenvalue weighted by Crippen LogP contribution is -2.31. The van der Waals surface area contributed by atoms with Crippen molar-refractivity contribution in [1.29, 1.82) is 0 Å². The summed E-state index contributed by atoms with van der Waals surface area (Å²) in [6, 6.07) is 8.88. The van der Waals surface area contributed by atoms with Crippen LogP contribution in [0.25, 0.3) is 0 Å². The molecule has 2 aromatic rings. The van der Waals surface area contributed by atoms with Crippen molar-refractivity contribution in [2.45, 2.75) is 30.0 Å². The van der Waals surface area contributed by atoms with Gasteiger partial charge in [-0.1, -0.05) is 6.07 Å². The van der Waals surface area contributed by atoms with Crippen LogP contribution in [0.2, 0.25) is 0 Å². The smallest absolute Gasteiger partial charge is 0.251 e. The number of benzene rings is 1. The minimum absolute atomic E-state index is 0.0738. The zero-order valence-electron chi connectivity index (χ0n) is 14.8. The summed E-state index contributed by atoms with van der Waals surface area (Å²) in [7, 11) is 0. The number of thioether (sulfide) groups is 1. The van der Waals surface area contributed by atoms with Crippen molar-refractivity contribution < 1.29 is 14.4 Å². The molecule has 3 rings (SSSR count). The molecule has 3 amide bonds. The fraction of sp³-hybridized carbons (Fsp3) is 0.263. The van der Waals surface area contributed by atoms with Gasteiger partial charge in [0.1, 0.15) is 0 Å². The molecular weight excluding hydrogens is 364 g/mol. The van der Waals surface area contributed by atoms with E-state index in [0.29, 0.717) is 17.8 Å². The summed E-state index contributed by atoms with van der Waals surface area (Å²) in [6.07, 6.45) is 3.54. The maximum absolute atomic E-state index is 12.3. The number of hydrogen-bond donors (Lipinski definition) is 3. The number of nitrogens with one attached hydrogen (secondary N) is 3. The minimum atomic E-state index is -0.282. The number of pyridine rings is 1. The lowest BCUT2D eigenvalue weighted by molar-refractivity contribution is -0.121. The highest BCUT2D eigenvalue weighted by atomic mass is 32.2. The van der Waals surface area contributed by atoms with Crippen LogP contribution in [-0.2, 0) is 16.1 Å². The normalized spacial score (nSPS) is 15.4. The molecule has 1 aliphatic rings. The van der Waals surface area contributed by atoms with E-state index in [2.05, 4.69) is 20.9 Å². The second kappa shape index (κ2) is 8.68. The van der Waals surface area contributed by atoms with Crippen LogP contribution in [0.5, 0.6) is 0 Å². The molecule has 2 heterocycles. The van der Waals surface area contributed by atoms with Gasteiger partial charge >= 0.3 is 0 Å². The first-order valence-electron chi connectivity index (χ1n) is 8.58. The maximum atomic E-state index is 12.3. The van der Waals surface area contributed by atoms with Gasteiger partial charge in [-0.05, 0) is 36.8 Å². The predicted molar refractivity (Wildman–Crippen MR) is 103 cm³/mol. The van der Waals surface area contributed by atoms with E-state index < -0.39 is 0 Å². The standard InChI is InChI=1S/C19H20N4O3S/c1-12-18(25)23-15-9-14(4-5-16(15)27-12)19(26)21-8-6-17(24)22-11-13-3-2-7-20-10-13/h2-5,7,9-10,12H,6,8,11H2,1H3,(H,21,26)(H,22,24)(H,23,25)/t12-/m1/s1. The monoisotopic (exact) mass is 384 g/mol. The van der Waals surface area contributed by atoms with Gasteiger partial charge in [-0.15, -0.1) is 11.8 Å². The molecule has 0 fully saturated rings. The summed E-state index contributed by atoms with van der Waals surface area (Å²) in [4.78, 5) is 40.8. The Morgan fingerprint density at radius 3 is 2.89 bits per heavy atom. The average Bonchev–Trinajstić information content (AvgIpc) is 2.67. The van der Waals surface area contributed by atoms with Crippen LogP contribution in [0.4, 0.5) is 5.69 Å². The van der Waals surface area contributed by atoms with Gasteiger partial charge in [0.15, 0.2) is 0 Å². The van der Waals surface area contributed by atoms with Crippen LogP contribution in [0.15, 0.2) is 47.6 Å². The minimum Gasteiger partial charge on any atom is -0.352 e. The molecule has 0 saturated carbocycles. The fourth-order valence-corrected chi connectivity index (χ4v) is 3.46. The molecule has 0 radical (unpaired) electrons. The number of carbonyl (C=O) groups excluding carboxylic acids is 3. The molecular formula is C19H20N4O3S. The van der Waals surface area contributed by atoms with Crippen molar-refractivity contribution >= 4 is 35.2 Å². The number of rotatable bonds is 6. The van der Waals surface area contributed by atoms with Gasteiger partial charge in [0.25, 0.3) is 5.91 Å². The first-order valence-corrected chi connectivity index (χ1v) is 9.46. The molecule has 0 bridgehead atoms. The molecule has 8 heteroatoms. The van der Waals surface area contributed by atoms with Gasteiger partial charge in [-0.2, -0.15) is 0 Å². The number of fused-ring (bicyclic) bond motifs is 1. The van der Waals surface area contributed by atoms with Crippen molar-refractivity contribution in [1.82, 2.24) is 15.6 Å². The van der Waals surface area contributed by atoms with Crippen molar-refractivity contribution in [3.8, 4) is 0 Å². The number of carbonyl (C=O) groups is 3. The number of amides is 3. The first-order chi connectivity index (χ1) is 13.0. The molecule has 1 aromatic heterocycles. The quantitative estimate of drug-likeness (QED) is 0.707. The Morgan fingerprint density at radius 1 is 1.26 bits per heavy atom. The van der Waals surface area contributed by atoms with Gasteiger partial charge in [0.2, 0.25) is 11.8 Å². The van der Waals surface area contributed by atoms with E-state index in [-0.39, 0.29) is 35.9 Å². The largest absolute Gasteiger partial charge is 0.352 e. The van der Waals surface area contributed by atoms with Gasteiger partial charge in [-0.3, -0.25) is 19.4 Å². The Hall–Kier alpha value is -2.87. The van der Waals surface area contributed by atoms with E-state index in [1.54, 1.807) is 24.5 Å². The Bertz CT molecular complexity index is 857. The van der Waals surface area contributed by atoms with Gasteiger partial charge in [0, 0.05) is 42.4 Å². The molecule has 1 aliphatic heterocycles. The predicted octanol–water partition coefficient (Wildman–Crippen LogP) is 1.95. The average molecular weight is 384 g/mol. The zero-order valence-corrected chi connectivity index (χ0v) is 15.6. The Balaban J connectivity index is 1.46. The molecule has 3 N–H and O–H groups in total. The van der Waals surface area contributed by atoms with Crippen LogP contribution in [0, 0.1) is 0 Å². The number of nitrogens with zero attached hydrogens (tertiary/aromatic N) is 1. The topological polar surface area (TPSA) is 100 Å². The van der Waals surface area contributed by atoms with E-state index in [4.69, 9.17) is 0 Å². The lowest BCUT2D eigenvalue weighted by Gasteiger charge is -2.21. The van der Waals surface area contributed by atoms with E-state index in [1.165, 1.54) is 11.8 Å². The Kier molecular flexibility index (Phi) is 6.08. The molecule has 1 aromatic carbocycles. The maximum Gasteiger partial charge on any atom is 0.251 e. The van der Waals surface area contributed by atoms with Crippen molar-refractivity contribution in [2.75, 3.05) is 11.9 Å². The van der Waals surface area contributed by atoms with Crippen molar-refractivity contribution in [3.63, 3.8) is 0 Å². The Labute approximate surface area is 161 Å². The highest BCUT2D eigenvalue weighted by Gasteiger charge is 2.23. The molecule has 0 aliphatic carbocycles. The summed E-state index contributed by atoms with van der Waals surface area (Å²) < 4.78 is 0. The molecule has 0 saturated heterocycles. The molecule has 0 spiro atoms. The van der Waals surface area contributed by atoms with Gasteiger partial charge < -0.3 is 16.0 Å². The van der Waals surface area contributed by atoms with Crippen LogP contribution in [-0.4, -0.2) is 34.5 Å². The first kappa shape index (κ1) is 18.9. The third-order valence-corrected chi connectivity index (χ3v) is 5.20. The molecule has 27 heavy (non-hydrogen) atoms. The highest BCUT2D eigenvalue weighted by Crippen LogP contribution is 2.35. The van der Waals surface area contributed by atoms with Crippen molar-refractivity contribution in [2.24, 2.45) is 0 Å².